The van der Waals surface area contributed by atoms with E-state index in [0.29, 0.717) is 12.0 Å². The van der Waals surface area contributed by atoms with Crippen molar-refractivity contribution in [3.8, 4) is 11.5 Å². The number of hydrogen-bond acceptors (Lipinski definition) is 5. The molecule has 2 N–H and O–H groups in total. The number of rotatable bonds is 5. The van der Waals surface area contributed by atoms with Gasteiger partial charge in [-0.05, 0) is 30.5 Å². The van der Waals surface area contributed by atoms with Gasteiger partial charge < -0.3 is 15.3 Å². The molecular weight excluding hydrogens is 410 g/mol. The van der Waals surface area contributed by atoms with Crippen LogP contribution in [0.15, 0.2) is 76.8 Å². The molecule has 2 aliphatic rings. The number of nitrogens with two attached hydrogens (primary N) is 1. The SMILES string of the molecule is COc1cc2c(cc1OC)[C@H]1CCCC[C@H]1N=C2c1ccc(C(=NN)c2ccccc2)cc1. The van der Waals surface area contributed by atoms with Crippen LogP contribution in [0.5, 0.6) is 11.5 Å². The number of hydrogen-bond donors (Lipinski definition) is 1. The minimum absolute atomic E-state index is 0.310. The minimum Gasteiger partial charge on any atom is -0.493 e. The fraction of sp³-hybridized carbons (Fsp3) is 0.286. The monoisotopic (exact) mass is 439 g/mol. The first-order chi connectivity index (χ1) is 16.2. The summed E-state index contributed by atoms with van der Waals surface area (Å²) < 4.78 is 11.3. The molecule has 0 bridgehead atoms. The lowest BCUT2D eigenvalue weighted by Gasteiger charge is -2.35. The smallest absolute Gasteiger partial charge is 0.161 e. The normalized spacial score (nSPS) is 19.8. The van der Waals surface area contributed by atoms with Crippen molar-refractivity contribution in [2.75, 3.05) is 14.2 Å². The summed E-state index contributed by atoms with van der Waals surface area (Å²) in [7, 11) is 3.38. The van der Waals surface area contributed by atoms with Crippen molar-refractivity contribution < 1.29 is 9.47 Å². The van der Waals surface area contributed by atoms with E-state index in [1.54, 1.807) is 14.2 Å². The largest absolute Gasteiger partial charge is 0.493 e. The Morgan fingerprint density at radius 2 is 1.55 bits per heavy atom. The van der Waals surface area contributed by atoms with E-state index < -0.39 is 0 Å². The Morgan fingerprint density at radius 1 is 0.879 bits per heavy atom. The summed E-state index contributed by atoms with van der Waals surface area (Å²) in [5.41, 5.74) is 7.31. The summed E-state index contributed by atoms with van der Waals surface area (Å²) in [6, 6.07) is 22.9. The van der Waals surface area contributed by atoms with Crippen molar-refractivity contribution in [2.24, 2.45) is 15.9 Å². The first kappa shape index (κ1) is 21.3. The van der Waals surface area contributed by atoms with Gasteiger partial charge in [-0.1, -0.05) is 67.4 Å². The fourth-order valence-corrected chi connectivity index (χ4v) is 5.20. The molecule has 1 heterocycles. The van der Waals surface area contributed by atoms with Gasteiger partial charge in [-0.15, -0.1) is 0 Å². The highest BCUT2D eigenvalue weighted by Crippen LogP contribution is 2.44. The van der Waals surface area contributed by atoms with Gasteiger partial charge in [0.15, 0.2) is 11.5 Å². The van der Waals surface area contributed by atoms with Crippen molar-refractivity contribution in [1.29, 1.82) is 0 Å². The predicted molar refractivity (Wildman–Crippen MR) is 133 cm³/mol. The molecule has 5 nitrogen and oxygen atoms in total. The third-order valence-corrected chi connectivity index (χ3v) is 6.84. The minimum atomic E-state index is 0.310. The van der Waals surface area contributed by atoms with E-state index in [0.717, 1.165) is 58.0 Å². The zero-order valence-electron chi connectivity index (χ0n) is 19.1. The van der Waals surface area contributed by atoms with E-state index in [4.69, 9.17) is 20.3 Å². The van der Waals surface area contributed by atoms with Gasteiger partial charge in [-0.2, -0.15) is 5.10 Å². The maximum atomic E-state index is 5.75. The molecule has 3 aromatic rings. The summed E-state index contributed by atoms with van der Waals surface area (Å²) in [6.07, 6.45) is 4.76. The average Bonchev–Trinajstić information content (AvgIpc) is 2.89. The van der Waals surface area contributed by atoms with Gasteiger partial charge in [-0.25, -0.2) is 0 Å². The third kappa shape index (κ3) is 3.88. The van der Waals surface area contributed by atoms with Crippen LogP contribution in [0.4, 0.5) is 0 Å². The molecular formula is C28H29N3O2. The van der Waals surface area contributed by atoms with Crippen LogP contribution in [-0.2, 0) is 0 Å². The lowest BCUT2D eigenvalue weighted by atomic mass is 9.75. The lowest BCUT2D eigenvalue weighted by molar-refractivity contribution is 0.349. The maximum absolute atomic E-state index is 5.75. The number of aliphatic imine (C=N–C) groups is 1. The van der Waals surface area contributed by atoms with Gasteiger partial charge in [0.05, 0.1) is 31.7 Å². The van der Waals surface area contributed by atoms with Crippen molar-refractivity contribution in [3.63, 3.8) is 0 Å². The van der Waals surface area contributed by atoms with Crippen molar-refractivity contribution >= 4 is 11.4 Å². The number of methoxy groups -OCH3 is 2. The summed E-state index contributed by atoms with van der Waals surface area (Å²) in [5.74, 6) is 7.70. The average molecular weight is 440 g/mol. The molecule has 33 heavy (non-hydrogen) atoms. The van der Waals surface area contributed by atoms with E-state index in [1.165, 1.54) is 18.4 Å². The molecule has 2 atom stereocenters. The summed E-state index contributed by atoms with van der Waals surface area (Å²) >= 11 is 0. The quantitative estimate of drug-likeness (QED) is 0.334. The van der Waals surface area contributed by atoms with Gasteiger partial charge in [0.2, 0.25) is 0 Å². The lowest BCUT2D eigenvalue weighted by Crippen LogP contribution is -2.29. The van der Waals surface area contributed by atoms with E-state index in [9.17, 15) is 0 Å². The fourth-order valence-electron chi connectivity index (χ4n) is 5.20. The van der Waals surface area contributed by atoms with Gasteiger partial charge >= 0.3 is 0 Å². The van der Waals surface area contributed by atoms with Gasteiger partial charge in [0.25, 0.3) is 0 Å². The molecule has 1 aliphatic heterocycles. The second-order valence-corrected chi connectivity index (χ2v) is 8.65. The summed E-state index contributed by atoms with van der Waals surface area (Å²) in [4.78, 5) is 5.26. The van der Waals surface area contributed by atoms with Crippen molar-refractivity contribution in [3.05, 3.63) is 94.5 Å². The second-order valence-electron chi connectivity index (χ2n) is 8.65. The molecule has 3 aromatic carbocycles. The molecule has 1 saturated carbocycles. The van der Waals surface area contributed by atoms with E-state index in [2.05, 4.69) is 41.5 Å². The molecule has 0 saturated heterocycles. The molecule has 0 spiro atoms. The number of benzene rings is 3. The highest BCUT2D eigenvalue weighted by Gasteiger charge is 2.34. The van der Waals surface area contributed by atoms with Crippen LogP contribution in [0.2, 0.25) is 0 Å². The third-order valence-electron chi connectivity index (χ3n) is 6.84. The topological polar surface area (TPSA) is 69.2 Å². The Hall–Kier alpha value is -3.60. The Balaban J connectivity index is 1.57. The standard InChI is InChI=1S/C28H29N3O2/c1-32-25-16-22-21-10-6-7-11-24(21)30-28(23(22)17-26(25)33-2)20-14-12-19(13-15-20)27(31-29)18-8-4-3-5-9-18/h3-5,8-9,12-17,21,24H,6-7,10-11,29H2,1-2H3/t21-,24-/m1/s1. The van der Waals surface area contributed by atoms with Gasteiger partial charge in [0, 0.05) is 28.2 Å². The van der Waals surface area contributed by atoms with Crippen LogP contribution in [0.25, 0.3) is 0 Å². The summed E-state index contributed by atoms with van der Waals surface area (Å²) in [6.45, 7) is 0. The molecule has 0 aromatic heterocycles. The number of nitrogens with zero attached hydrogens (tertiary/aromatic N) is 2. The van der Waals surface area contributed by atoms with Gasteiger partial charge in [0.1, 0.15) is 0 Å². The van der Waals surface area contributed by atoms with E-state index in [-0.39, 0.29) is 0 Å². The van der Waals surface area contributed by atoms with Crippen LogP contribution < -0.4 is 15.3 Å². The Bertz CT molecular complexity index is 1200. The van der Waals surface area contributed by atoms with Crippen molar-refractivity contribution in [1.82, 2.24) is 0 Å². The Kier molecular flexibility index (Phi) is 5.86. The first-order valence-corrected chi connectivity index (χ1v) is 11.5. The van der Waals surface area contributed by atoms with Crippen LogP contribution in [0.3, 0.4) is 0 Å². The maximum Gasteiger partial charge on any atom is 0.161 e. The van der Waals surface area contributed by atoms with Crippen LogP contribution in [0.1, 0.15) is 59.4 Å². The molecule has 0 unspecified atom stereocenters. The Labute approximate surface area is 195 Å². The second kappa shape index (κ2) is 9.10. The zero-order valence-corrected chi connectivity index (χ0v) is 19.1. The van der Waals surface area contributed by atoms with E-state index >= 15 is 0 Å². The highest BCUT2D eigenvalue weighted by atomic mass is 16.5. The number of fused-ring (bicyclic) bond motifs is 3. The van der Waals surface area contributed by atoms with Crippen LogP contribution in [0, 0.1) is 0 Å². The molecule has 5 heteroatoms. The van der Waals surface area contributed by atoms with Crippen LogP contribution in [-0.4, -0.2) is 31.7 Å². The van der Waals surface area contributed by atoms with Crippen molar-refractivity contribution in [2.45, 2.75) is 37.6 Å². The predicted octanol–water partition coefficient (Wildman–Crippen LogP) is 5.29. The van der Waals surface area contributed by atoms with E-state index in [1.807, 2.05) is 30.3 Å². The molecule has 0 radical (unpaired) electrons. The molecule has 168 valence electrons. The highest BCUT2D eigenvalue weighted by molar-refractivity contribution is 6.16. The first-order valence-electron chi connectivity index (χ1n) is 11.5. The molecule has 0 amide bonds. The van der Waals surface area contributed by atoms with Crippen LogP contribution >= 0.6 is 0 Å². The zero-order chi connectivity index (χ0) is 22.8. The molecule has 1 aliphatic carbocycles. The molecule has 5 rings (SSSR count). The number of ether oxygens (including phenoxy) is 2. The van der Waals surface area contributed by atoms with Gasteiger partial charge in [-0.3, -0.25) is 4.99 Å². The summed E-state index contributed by atoms with van der Waals surface area (Å²) in [5, 5.41) is 4.06. The number of hydrazone groups is 1. The Morgan fingerprint density at radius 3 is 2.24 bits per heavy atom. The molecule has 1 fully saturated rings.